The van der Waals surface area contributed by atoms with Gasteiger partial charge in [0.2, 0.25) is 0 Å². The van der Waals surface area contributed by atoms with Gasteiger partial charge in [0.1, 0.15) is 5.56 Å². The minimum absolute atomic E-state index is 0.00310. The van der Waals surface area contributed by atoms with Crippen LogP contribution in [0.4, 0.5) is 0 Å². The molecule has 1 aliphatic heterocycles. The van der Waals surface area contributed by atoms with Crippen molar-refractivity contribution in [2.45, 2.75) is 24.3 Å². The molecule has 7 heteroatoms. The van der Waals surface area contributed by atoms with E-state index in [1.165, 1.54) is 0 Å². The zero-order chi connectivity index (χ0) is 19.0. The highest BCUT2D eigenvalue weighted by Crippen LogP contribution is 2.33. The predicted octanol–water partition coefficient (Wildman–Crippen LogP) is 3.30. The van der Waals surface area contributed by atoms with Gasteiger partial charge in [0.15, 0.2) is 15.6 Å². The third-order valence-electron chi connectivity index (χ3n) is 4.74. The molecule has 2 heterocycles. The number of fused-ring (bicyclic) bond motifs is 1. The molecule has 0 saturated carbocycles. The number of hydrogen-bond donors (Lipinski definition) is 1. The minimum atomic E-state index is -3.31. The summed E-state index contributed by atoms with van der Waals surface area (Å²) < 4.78 is 30.0. The van der Waals surface area contributed by atoms with Gasteiger partial charge in [-0.15, -0.1) is 0 Å². The van der Waals surface area contributed by atoms with Crippen LogP contribution in [0.25, 0.3) is 11.3 Å². The third kappa shape index (κ3) is 3.14. The highest BCUT2D eigenvalue weighted by atomic mass is 32.2. The summed E-state index contributed by atoms with van der Waals surface area (Å²) in [5, 5.41) is 6.91. The molecule has 0 aliphatic carbocycles. The van der Waals surface area contributed by atoms with Crippen LogP contribution < -0.4 is 5.32 Å². The Balaban J connectivity index is 1.68. The van der Waals surface area contributed by atoms with Crippen LogP contribution in [0, 0.1) is 6.92 Å². The Morgan fingerprint density at radius 3 is 2.59 bits per heavy atom. The monoisotopic (exact) mass is 382 g/mol. The zero-order valence-corrected chi connectivity index (χ0v) is 15.5. The maximum absolute atomic E-state index is 13.0. The van der Waals surface area contributed by atoms with Crippen LogP contribution in [0.5, 0.6) is 0 Å². The van der Waals surface area contributed by atoms with Gasteiger partial charge in [-0.3, -0.25) is 4.79 Å². The predicted molar refractivity (Wildman–Crippen MR) is 100.0 cm³/mol. The van der Waals surface area contributed by atoms with Crippen LogP contribution in [-0.4, -0.2) is 25.2 Å². The SMILES string of the molecule is Cc1noc(-c2ccccc2)c1C(=O)NC1CCS(=O)(=O)c2ccccc21. The summed E-state index contributed by atoms with van der Waals surface area (Å²) in [6.45, 7) is 1.71. The molecule has 0 spiro atoms. The molecular weight excluding hydrogens is 364 g/mol. The van der Waals surface area contributed by atoms with E-state index in [0.29, 0.717) is 29.0 Å². The lowest BCUT2D eigenvalue weighted by molar-refractivity contribution is 0.0934. The van der Waals surface area contributed by atoms with E-state index in [1.807, 2.05) is 30.3 Å². The Morgan fingerprint density at radius 2 is 1.81 bits per heavy atom. The van der Waals surface area contributed by atoms with Crippen LogP contribution in [-0.2, 0) is 9.84 Å². The largest absolute Gasteiger partial charge is 0.355 e. The molecule has 27 heavy (non-hydrogen) atoms. The Kier molecular flexibility index (Phi) is 4.31. The van der Waals surface area contributed by atoms with Crippen LogP contribution >= 0.6 is 0 Å². The normalized spacial score (nSPS) is 17.9. The molecule has 6 nitrogen and oxygen atoms in total. The topological polar surface area (TPSA) is 89.3 Å². The van der Waals surface area contributed by atoms with Crippen molar-refractivity contribution in [3.8, 4) is 11.3 Å². The van der Waals surface area contributed by atoms with Gasteiger partial charge in [0.25, 0.3) is 5.91 Å². The number of rotatable bonds is 3. The lowest BCUT2D eigenvalue weighted by atomic mass is 10.0. The van der Waals surface area contributed by atoms with Crippen molar-refractivity contribution >= 4 is 15.7 Å². The fourth-order valence-corrected chi connectivity index (χ4v) is 5.02. The van der Waals surface area contributed by atoms with Crippen molar-refractivity contribution < 1.29 is 17.7 Å². The van der Waals surface area contributed by atoms with Gasteiger partial charge in [-0.05, 0) is 25.0 Å². The molecular formula is C20H18N2O4S. The first kappa shape index (κ1) is 17.5. The second kappa shape index (κ2) is 6.66. The number of nitrogens with zero attached hydrogens (tertiary/aromatic N) is 1. The number of aryl methyl sites for hydroxylation is 1. The van der Waals surface area contributed by atoms with Gasteiger partial charge in [-0.1, -0.05) is 53.7 Å². The number of benzene rings is 2. The first-order valence-electron chi connectivity index (χ1n) is 8.61. The molecule has 1 N–H and O–H groups in total. The second-order valence-corrected chi connectivity index (χ2v) is 8.59. The number of amides is 1. The minimum Gasteiger partial charge on any atom is -0.355 e. The molecule has 138 valence electrons. The maximum Gasteiger partial charge on any atom is 0.257 e. The molecule has 0 radical (unpaired) electrons. The number of carbonyl (C=O) groups excluding carboxylic acids is 1. The van der Waals surface area contributed by atoms with Gasteiger partial charge >= 0.3 is 0 Å². The van der Waals surface area contributed by atoms with E-state index in [2.05, 4.69) is 10.5 Å². The molecule has 4 rings (SSSR count). The van der Waals surface area contributed by atoms with Crippen LogP contribution in [0.1, 0.15) is 34.1 Å². The van der Waals surface area contributed by atoms with Crippen LogP contribution in [0.3, 0.4) is 0 Å². The van der Waals surface area contributed by atoms with E-state index in [4.69, 9.17) is 4.52 Å². The quantitative estimate of drug-likeness (QED) is 0.751. The van der Waals surface area contributed by atoms with Crippen LogP contribution in [0.2, 0.25) is 0 Å². The van der Waals surface area contributed by atoms with Gasteiger partial charge < -0.3 is 9.84 Å². The number of aromatic nitrogens is 1. The molecule has 1 aromatic heterocycles. The maximum atomic E-state index is 13.0. The zero-order valence-electron chi connectivity index (χ0n) is 14.7. The molecule has 1 amide bonds. The summed E-state index contributed by atoms with van der Waals surface area (Å²) in [4.78, 5) is 13.3. The van der Waals surface area contributed by atoms with E-state index in [9.17, 15) is 13.2 Å². The standard InChI is InChI=1S/C20H18N2O4S/c1-13-18(19(26-22-13)14-7-3-2-4-8-14)20(23)21-16-11-12-27(24,25)17-10-6-5-9-15(16)17/h2-10,16H,11-12H2,1H3,(H,21,23). The van der Waals surface area contributed by atoms with Crippen LogP contribution in [0.15, 0.2) is 64.0 Å². The summed E-state index contributed by atoms with van der Waals surface area (Å²) in [5.41, 5.74) is 2.23. The van der Waals surface area contributed by atoms with Crippen molar-refractivity contribution in [2.75, 3.05) is 5.75 Å². The Hall–Kier alpha value is -2.93. The van der Waals surface area contributed by atoms with E-state index in [-0.39, 0.29) is 22.6 Å². The Morgan fingerprint density at radius 1 is 1.11 bits per heavy atom. The molecule has 3 aromatic rings. The fraction of sp³-hybridized carbons (Fsp3) is 0.200. The Labute approximate surface area is 157 Å². The summed E-state index contributed by atoms with van der Waals surface area (Å²) in [5.74, 6) is 0.0809. The van der Waals surface area contributed by atoms with E-state index in [0.717, 1.165) is 5.56 Å². The molecule has 0 saturated heterocycles. The van der Waals surface area contributed by atoms with Crippen molar-refractivity contribution in [1.29, 1.82) is 0 Å². The van der Waals surface area contributed by atoms with Gasteiger partial charge in [-0.2, -0.15) is 0 Å². The summed E-state index contributed by atoms with van der Waals surface area (Å²) in [6, 6.07) is 15.7. The number of sulfone groups is 1. The summed E-state index contributed by atoms with van der Waals surface area (Å²) >= 11 is 0. The smallest absolute Gasteiger partial charge is 0.257 e. The van der Waals surface area contributed by atoms with Gasteiger partial charge in [0, 0.05) is 5.56 Å². The molecule has 1 aliphatic rings. The van der Waals surface area contributed by atoms with Crippen molar-refractivity contribution in [3.63, 3.8) is 0 Å². The van der Waals surface area contributed by atoms with Gasteiger partial charge in [0.05, 0.1) is 22.4 Å². The highest BCUT2D eigenvalue weighted by Gasteiger charge is 2.32. The lowest BCUT2D eigenvalue weighted by Crippen LogP contribution is -2.34. The molecule has 0 fully saturated rings. The lowest BCUT2D eigenvalue weighted by Gasteiger charge is -2.26. The first-order valence-corrected chi connectivity index (χ1v) is 10.3. The first-order chi connectivity index (χ1) is 13.0. The highest BCUT2D eigenvalue weighted by molar-refractivity contribution is 7.91. The Bertz CT molecular complexity index is 1100. The molecule has 1 unspecified atom stereocenters. The second-order valence-electron chi connectivity index (χ2n) is 6.51. The van der Waals surface area contributed by atoms with Gasteiger partial charge in [-0.25, -0.2) is 8.42 Å². The van der Waals surface area contributed by atoms with E-state index in [1.54, 1.807) is 31.2 Å². The number of nitrogens with one attached hydrogen (secondary N) is 1. The number of carbonyl (C=O) groups is 1. The number of hydrogen-bond acceptors (Lipinski definition) is 5. The summed E-state index contributed by atoms with van der Waals surface area (Å²) in [6.07, 6.45) is 0.329. The van der Waals surface area contributed by atoms with Crippen molar-refractivity contribution in [3.05, 3.63) is 71.4 Å². The van der Waals surface area contributed by atoms with E-state index < -0.39 is 9.84 Å². The molecule has 2 aromatic carbocycles. The molecule has 0 bridgehead atoms. The molecule has 1 atom stereocenters. The average Bonchev–Trinajstić information content (AvgIpc) is 3.07. The van der Waals surface area contributed by atoms with Crippen molar-refractivity contribution in [2.24, 2.45) is 0 Å². The van der Waals surface area contributed by atoms with E-state index >= 15 is 0 Å². The summed E-state index contributed by atoms with van der Waals surface area (Å²) in [7, 11) is -3.31. The van der Waals surface area contributed by atoms with Crippen molar-refractivity contribution in [1.82, 2.24) is 10.5 Å². The third-order valence-corrected chi connectivity index (χ3v) is 6.55. The fourth-order valence-electron chi connectivity index (χ4n) is 3.39. The average molecular weight is 382 g/mol.